The predicted molar refractivity (Wildman–Crippen MR) is 95.8 cm³/mol. The van der Waals surface area contributed by atoms with Gasteiger partial charge in [0.1, 0.15) is 0 Å². The normalized spacial score (nSPS) is 18.3. The predicted octanol–water partition coefficient (Wildman–Crippen LogP) is 5.24. The lowest BCUT2D eigenvalue weighted by atomic mass is 9.88. The van der Waals surface area contributed by atoms with E-state index < -0.39 is 36.6 Å². The van der Waals surface area contributed by atoms with Crippen molar-refractivity contribution in [2.24, 2.45) is 5.92 Å². The van der Waals surface area contributed by atoms with E-state index in [1.54, 1.807) is 0 Å². The van der Waals surface area contributed by atoms with E-state index in [1.807, 2.05) is 0 Å². The Morgan fingerprint density at radius 3 is 2.04 bits per heavy atom. The Labute approximate surface area is 159 Å². The molecule has 0 aromatic carbocycles. The third kappa shape index (κ3) is 9.40. The number of cyclic esters (lactones) is 1. The lowest BCUT2D eigenvalue weighted by molar-refractivity contribution is -0.172. The van der Waals surface area contributed by atoms with Crippen LogP contribution in [0.15, 0.2) is 11.6 Å². The van der Waals surface area contributed by atoms with Crippen LogP contribution in [0.4, 0.5) is 13.2 Å². The average molecular weight is 392 g/mol. The monoisotopic (exact) mass is 392 g/mol. The summed E-state index contributed by atoms with van der Waals surface area (Å²) >= 11 is 0. The largest absolute Gasteiger partial charge is 0.449 e. The van der Waals surface area contributed by atoms with Crippen molar-refractivity contribution in [2.45, 2.75) is 96.4 Å². The van der Waals surface area contributed by atoms with Crippen LogP contribution in [-0.2, 0) is 14.3 Å². The molecule has 0 aromatic rings. The minimum absolute atomic E-state index is 0.0773. The Morgan fingerprint density at radius 1 is 1.07 bits per heavy atom. The van der Waals surface area contributed by atoms with Gasteiger partial charge in [-0.1, -0.05) is 71.1 Å². The summed E-state index contributed by atoms with van der Waals surface area (Å²) in [6, 6.07) is 0. The minimum Gasteiger partial charge on any atom is -0.429 e. The zero-order chi connectivity index (χ0) is 20.3. The lowest BCUT2D eigenvalue weighted by Crippen LogP contribution is -2.27. The highest BCUT2D eigenvalue weighted by Crippen LogP contribution is 2.32. The van der Waals surface area contributed by atoms with E-state index in [9.17, 15) is 27.9 Å². The summed E-state index contributed by atoms with van der Waals surface area (Å²) in [4.78, 5) is 22.6. The van der Waals surface area contributed by atoms with Crippen molar-refractivity contribution in [1.29, 1.82) is 0 Å². The van der Waals surface area contributed by atoms with Crippen LogP contribution in [0.25, 0.3) is 0 Å². The molecule has 0 saturated heterocycles. The fourth-order valence-electron chi connectivity index (χ4n) is 3.34. The number of esters is 1. The fraction of sp³-hybridized carbons (Fsp3) is 0.800. The SMILES string of the molecule is CCCCCCCCCCCCC(CC(=O)C(F)(F)F)C1=CC(=O)OC1O. The number of ketones is 1. The molecule has 1 N–H and O–H groups in total. The molecule has 0 radical (unpaired) electrons. The van der Waals surface area contributed by atoms with Gasteiger partial charge in [0.15, 0.2) is 0 Å². The van der Waals surface area contributed by atoms with Gasteiger partial charge in [-0.25, -0.2) is 4.79 Å². The number of hydrogen-bond acceptors (Lipinski definition) is 4. The number of alkyl halides is 3. The maximum absolute atomic E-state index is 12.6. The first-order chi connectivity index (χ1) is 12.8. The first kappa shape index (κ1) is 23.7. The number of aliphatic hydroxyl groups excluding tert-OH is 1. The summed E-state index contributed by atoms with van der Waals surface area (Å²) in [6.07, 6.45) is 5.05. The summed E-state index contributed by atoms with van der Waals surface area (Å²) in [5.41, 5.74) is 0.0773. The summed E-state index contributed by atoms with van der Waals surface area (Å²) in [5, 5.41) is 9.70. The smallest absolute Gasteiger partial charge is 0.429 e. The van der Waals surface area contributed by atoms with Crippen LogP contribution in [0.1, 0.15) is 84.0 Å². The Kier molecular flexibility index (Phi) is 10.7. The summed E-state index contributed by atoms with van der Waals surface area (Å²) < 4.78 is 42.3. The van der Waals surface area contributed by atoms with E-state index in [1.165, 1.54) is 32.1 Å². The van der Waals surface area contributed by atoms with Gasteiger partial charge in [0, 0.05) is 18.1 Å². The van der Waals surface area contributed by atoms with Crippen LogP contribution in [0, 0.1) is 5.92 Å². The van der Waals surface area contributed by atoms with Gasteiger partial charge >= 0.3 is 12.1 Å². The van der Waals surface area contributed by atoms with Gasteiger partial charge in [-0.2, -0.15) is 13.2 Å². The van der Waals surface area contributed by atoms with Crippen LogP contribution in [0.3, 0.4) is 0 Å². The van der Waals surface area contributed by atoms with Crippen molar-refractivity contribution in [2.75, 3.05) is 0 Å². The molecule has 1 rings (SSSR count). The van der Waals surface area contributed by atoms with Crippen LogP contribution in [0.2, 0.25) is 0 Å². The van der Waals surface area contributed by atoms with Gasteiger partial charge in [-0.3, -0.25) is 4.79 Å². The van der Waals surface area contributed by atoms with Gasteiger partial charge in [0.25, 0.3) is 0 Å². The van der Waals surface area contributed by atoms with E-state index >= 15 is 0 Å². The number of carbonyl (C=O) groups is 2. The molecule has 2 atom stereocenters. The van der Waals surface area contributed by atoms with E-state index in [-0.39, 0.29) is 5.57 Å². The topological polar surface area (TPSA) is 63.6 Å². The molecule has 1 aliphatic heterocycles. The molecule has 27 heavy (non-hydrogen) atoms. The molecular weight excluding hydrogens is 361 g/mol. The minimum atomic E-state index is -4.91. The molecule has 7 heteroatoms. The Hall–Kier alpha value is -1.37. The highest BCUT2D eigenvalue weighted by molar-refractivity contribution is 5.87. The maximum atomic E-state index is 12.6. The Balaban J connectivity index is 2.37. The second-order valence-electron chi connectivity index (χ2n) is 7.23. The number of Topliss-reactive ketones (excluding diaryl/α,β-unsaturated/α-hetero) is 1. The molecule has 0 aromatic heterocycles. The number of rotatable bonds is 14. The van der Waals surface area contributed by atoms with Crippen LogP contribution in [-0.4, -0.2) is 29.3 Å². The van der Waals surface area contributed by atoms with Gasteiger partial charge in [0.2, 0.25) is 12.1 Å². The molecule has 0 aliphatic carbocycles. The molecule has 2 unspecified atom stereocenters. The van der Waals surface area contributed by atoms with Crippen LogP contribution in [0.5, 0.6) is 0 Å². The van der Waals surface area contributed by atoms with Crippen LogP contribution < -0.4 is 0 Å². The molecule has 156 valence electrons. The molecule has 0 saturated carbocycles. The molecule has 0 bridgehead atoms. The highest BCUT2D eigenvalue weighted by atomic mass is 19.4. The number of carbonyl (C=O) groups excluding carboxylic acids is 2. The number of halogens is 3. The van der Waals surface area contributed by atoms with Crippen molar-refractivity contribution in [3.8, 4) is 0 Å². The number of aliphatic hydroxyl groups is 1. The van der Waals surface area contributed by atoms with E-state index in [0.29, 0.717) is 12.8 Å². The lowest BCUT2D eigenvalue weighted by Gasteiger charge is -2.20. The molecular formula is C20H31F3O4. The van der Waals surface area contributed by atoms with Gasteiger partial charge < -0.3 is 9.84 Å². The second-order valence-corrected chi connectivity index (χ2v) is 7.23. The third-order valence-electron chi connectivity index (χ3n) is 4.92. The van der Waals surface area contributed by atoms with E-state index in [2.05, 4.69) is 11.7 Å². The quantitative estimate of drug-likeness (QED) is 0.324. The first-order valence-electron chi connectivity index (χ1n) is 9.96. The number of unbranched alkanes of at least 4 members (excludes halogenated alkanes) is 9. The summed E-state index contributed by atoms with van der Waals surface area (Å²) in [5.74, 6) is -3.45. The maximum Gasteiger partial charge on any atom is 0.449 e. The number of ether oxygens (including phenoxy) is 1. The van der Waals surface area contributed by atoms with Crippen molar-refractivity contribution >= 4 is 11.8 Å². The third-order valence-corrected chi connectivity index (χ3v) is 4.92. The zero-order valence-corrected chi connectivity index (χ0v) is 16.0. The molecule has 1 aliphatic rings. The fourth-order valence-corrected chi connectivity index (χ4v) is 3.34. The van der Waals surface area contributed by atoms with Crippen molar-refractivity contribution < 1.29 is 32.6 Å². The number of hydrogen-bond donors (Lipinski definition) is 1. The molecule has 0 fully saturated rings. The molecule has 0 amide bonds. The highest BCUT2D eigenvalue weighted by Gasteiger charge is 2.41. The van der Waals surface area contributed by atoms with Gasteiger partial charge in [-0.15, -0.1) is 0 Å². The van der Waals surface area contributed by atoms with Gasteiger partial charge in [-0.05, 0) is 12.3 Å². The van der Waals surface area contributed by atoms with E-state index in [0.717, 1.165) is 31.8 Å². The average Bonchev–Trinajstić information content (AvgIpc) is 2.92. The molecule has 4 nitrogen and oxygen atoms in total. The summed E-state index contributed by atoms with van der Waals surface area (Å²) in [6.45, 7) is 2.18. The van der Waals surface area contributed by atoms with Gasteiger partial charge in [0.05, 0.1) is 0 Å². The zero-order valence-electron chi connectivity index (χ0n) is 16.0. The Bertz CT molecular complexity index is 500. The molecule has 1 heterocycles. The Morgan fingerprint density at radius 2 is 1.59 bits per heavy atom. The second kappa shape index (κ2) is 12.2. The first-order valence-corrected chi connectivity index (χ1v) is 9.96. The van der Waals surface area contributed by atoms with Crippen molar-refractivity contribution in [3.63, 3.8) is 0 Å². The van der Waals surface area contributed by atoms with E-state index in [4.69, 9.17) is 0 Å². The van der Waals surface area contributed by atoms with Crippen molar-refractivity contribution in [3.05, 3.63) is 11.6 Å². The molecule has 0 spiro atoms. The van der Waals surface area contributed by atoms with Crippen LogP contribution >= 0.6 is 0 Å². The van der Waals surface area contributed by atoms with Crippen molar-refractivity contribution in [1.82, 2.24) is 0 Å². The standard InChI is InChI=1S/C20H31F3O4/c1-2-3-4-5-6-7-8-9-10-11-12-15(13-17(24)20(21,22)23)16-14-18(25)27-19(16)26/h14-15,19,26H,2-13H2,1H3. The summed E-state index contributed by atoms with van der Waals surface area (Å²) in [7, 11) is 0.